The minimum absolute atomic E-state index is 0.350. The van der Waals surface area contributed by atoms with E-state index in [9.17, 15) is 8.78 Å². The smallest absolute Gasteiger partial charge is 0.160 e. The molecule has 1 aromatic rings. The van der Waals surface area contributed by atoms with Crippen LogP contribution >= 0.6 is 0 Å². The van der Waals surface area contributed by atoms with Crippen LogP contribution in [0.2, 0.25) is 0 Å². The Morgan fingerprint density at radius 2 is 1.94 bits per heavy atom. The molecule has 0 amide bonds. The second kappa shape index (κ2) is 4.87. The number of halogens is 2. The van der Waals surface area contributed by atoms with Crippen LogP contribution < -0.4 is 5.32 Å². The minimum atomic E-state index is -0.793. The monoisotopic (exact) mass is 253 g/mol. The zero-order valence-corrected chi connectivity index (χ0v) is 11.3. The van der Waals surface area contributed by atoms with Crippen LogP contribution in [0, 0.1) is 23.0 Å². The van der Waals surface area contributed by atoms with E-state index >= 15 is 0 Å². The minimum Gasteiger partial charge on any atom is -0.382 e. The maximum absolute atomic E-state index is 13.1. The SMILES string of the molecule is CC1CC(C)(C)CCC1Nc1ccc(F)c(F)c1. The van der Waals surface area contributed by atoms with Crippen LogP contribution in [-0.4, -0.2) is 6.04 Å². The van der Waals surface area contributed by atoms with Crippen molar-refractivity contribution in [3.8, 4) is 0 Å². The molecule has 18 heavy (non-hydrogen) atoms. The number of anilines is 1. The third-order valence-electron chi connectivity index (χ3n) is 3.97. The summed E-state index contributed by atoms with van der Waals surface area (Å²) in [5.74, 6) is -1.04. The van der Waals surface area contributed by atoms with Gasteiger partial charge in [0.1, 0.15) is 0 Å². The van der Waals surface area contributed by atoms with Crippen molar-refractivity contribution in [1.82, 2.24) is 0 Å². The molecule has 0 radical (unpaired) electrons. The second-order valence-electron chi connectivity index (χ2n) is 6.26. The molecule has 0 heterocycles. The molecule has 1 N–H and O–H groups in total. The molecule has 3 heteroatoms. The first kappa shape index (κ1) is 13.3. The highest BCUT2D eigenvalue weighted by Gasteiger charge is 2.32. The van der Waals surface area contributed by atoms with Gasteiger partial charge in [0.2, 0.25) is 0 Å². The largest absolute Gasteiger partial charge is 0.382 e. The van der Waals surface area contributed by atoms with Crippen molar-refractivity contribution in [2.45, 2.75) is 46.1 Å². The number of hydrogen-bond acceptors (Lipinski definition) is 1. The van der Waals surface area contributed by atoms with Gasteiger partial charge in [-0.05, 0) is 42.7 Å². The van der Waals surface area contributed by atoms with Crippen LogP contribution in [0.15, 0.2) is 18.2 Å². The normalized spacial score (nSPS) is 26.9. The standard InChI is InChI=1S/C15H21F2N/c1-10-9-15(2,3)7-6-14(10)18-11-4-5-12(16)13(17)8-11/h4-5,8,10,14,18H,6-7,9H2,1-3H3. The van der Waals surface area contributed by atoms with E-state index in [4.69, 9.17) is 0 Å². The molecule has 1 aromatic carbocycles. The summed E-state index contributed by atoms with van der Waals surface area (Å²) in [5, 5.41) is 3.33. The van der Waals surface area contributed by atoms with Gasteiger partial charge < -0.3 is 5.32 Å². The predicted octanol–water partition coefficient (Wildman–Crippen LogP) is 4.59. The Kier molecular flexibility index (Phi) is 3.60. The summed E-state index contributed by atoms with van der Waals surface area (Å²) < 4.78 is 26.0. The van der Waals surface area contributed by atoms with Gasteiger partial charge in [-0.2, -0.15) is 0 Å². The van der Waals surface area contributed by atoms with E-state index < -0.39 is 11.6 Å². The Bertz CT molecular complexity index is 429. The Labute approximate surface area is 108 Å². The fourth-order valence-corrected chi connectivity index (χ4v) is 2.96. The molecule has 0 spiro atoms. The topological polar surface area (TPSA) is 12.0 Å². The fourth-order valence-electron chi connectivity index (χ4n) is 2.96. The number of rotatable bonds is 2. The van der Waals surface area contributed by atoms with E-state index in [1.807, 2.05) is 0 Å². The van der Waals surface area contributed by atoms with Gasteiger partial charge >= 0.3 is 0 Å². The lowest BCUT2D eigenvalue weighted by molar-refractivity contribution is 0.177. The van der Waals surface area contributed by atoms with E-state index in [0.29, 0.717) is 23.1 Å². The van der Waals surface area contributed by atoms with Crippen LogP contribution in [0.1, 0.15) is 40.0 Å². The summed E-state index contributed by atoms with van der Waals surface area (Å²) in [6, 6.07) is 4.37. The molecule has 2 unspecified atom stereocenters. The summed E-state index contributed by atoms with van der Waals surface area (Å²) in [7, 11) is 0. The first-order valence-corrected chi connectivity index (χ1v) is 6.59. The van der Waals surface area contributed by atoms with Gasteiger partial charge in [0.25, 0.3) is 0 Å². The lowest BCUT2D eigenvalue weighted by atomic mass is 9.70. The quantitative estimate of drug-likeness (QED) is 0.812. The molecule has 0 bridgehead atoms. The lowest BCUT2D eigenvalue weighted by Gasteiger charge is -2.40. The zero-order valence-electron chi connectivity index (χ0n) is 11.3. The number of nitrogens with one attached hydrogen (secondary N) is 1. The van der Waals surface area contributed by atoms with Gasteiger partial charge in [-0.15, -0.1) is 0 Å². The van der Waals surface area contributed by atoms with E-state index in [-0.39, 0.29) is 0 Å². The lowest BCUT2D eigenvalue weighted by Crippen LogP contribution is -2.36. The average molecular weight is 253 g/mol. The van der Waals surface area contributed by atoms with Crippen LogP contribution in [0.4, 0.5) is 14.5 Å². The molecule has 1 nitrogen and oxygen atoms in total. The molecule has 2 atom stereocenters. The van der Waals surface area contributed by atoms with Gasteiger partial charge in [0.15, 0.2) is 11.6 Å². The summed E-state index contributed by atoms with van der Waals surface area (Å²) in [6.45, 7) is 6.80. The Morgan fingerprint density at radius 1 is 1.22 bits per heavy atom. The molecule has 0 saturated heterocycles. The Hall–Kier alpha value is -1.12. The maximum atomic E-state index is 13.1. The zero-order chi connectivity index (χ0) is 13.3. The van der Waals surface area contributed by atoms with Gasteiger partial charge in [-0.3, -0.25) is 0 Å². The summed E-state index contributed by atoms with van der Waals surface area (Å²) >= 11 is 0. The second-order valence-corrected chi connectivity index (χ2v) is 6.26. The molecule has 1 saturated carbocycles. The molecular weight excluding hydrogens is 232 g/mol. The molecule has 2 rings (SSSR count). The first-order valence-electron chi connectivity index (χ1n) is 6.59. The van der Waals surface area contributed by atoms with Gasteiger partial charge in [0, 0.05) is 17.8 Å². The first-order chi connectivity index (χ1) is 8.37. The summed E-state index contributed by atoms with van der Waals surface area (Å²) in [6.07, 6.45) is 3.40. The van der Waals surface area contributed by atoms with Crippen molar-refractivity contribution < 1.29 is 8.78 Å². The molecular formula is C15H21F2N. The van der Waals surface area contributed by atoms with Crippen LogP contribution in [0.5, 0.6) is 0 Å². The number of benzene rings is 1. The van der Waals surface area contributed by atoms with E-state index in [1.54, 1.807) is 6.07 Å². The van der Waals surface area contributed by atoms with Crippen molar-refractivity contribution >= 4 is 5.69 Å². The molecule has 1 fully saturated rings. The molecule has 1 aliphatic carbocycles. The van der Waals surface area contributed by atoms with Crippen molar-refractivity contribution in [3.05, 3.63) is 29.8 Å². The van der Waals surface area contributed by atoms with Crippen LogP contribution in [0.3, 0.4) is 0 Å². The maximum Gasteiger partial charge on any atom is 0.160 e. The third-order valence-corrected chi connectivity index (χ3v) is 3.97. The highest BCUT2D eigenvalue weighted by molar-refractivity contribution is 5.44. The van der Waals surface area contributed by atoms with Crippen molar-refractivity contribution in [1.29, 1.82) is 0 Å². The molecule has 1 aliphatic rings. The van der Waals surface area contributed by atoms with E-state index in [2.05, 4.69) is 26.1 Å². The highest BCUT2D eigenvalue weighted by Crippen LogP contribution is 2.39. The molecule has 0 aromatic heterocycles. The van der Waals surface area contributed by atoms with Gasteiger partial charge in [-0.25, -0.2) is 8.78 Å². The Balaban J connectivity index is 2.03. The van der Waals surface area contributed by atoms with E-state index in [1.165, 1.54) is 18.6 Å². The van der Waals surface area contributed by atoms with Crippen LogP contribution in [-0.2, 0) is 0 Å². The predicted molar refractivity (Wildman–Crippen MR) is 70.6 cm³/mol. The van der Waals surface area contributed by atoms with Crippen LogP contribution in [0.25, 0.3) is 0 Å². The molecule has 0 aliphatic heterocycles. The third kappa shape index (κ3) is 3.01. The average Bonchev–Trinajstić information content (AvgIpc) is 2.27. The molecule has 100 valence electrons. The summed E-state index contributed by atoms with van der Waals surface area (Å²) in [5.41, 5.74) is 1.07. The van der Waals surface area contributed by atoms with Crippen molar-refractivity contribution in [2.75, 3.05) is 5.32 Å². The van der Waals surface area contributed by atoms with Gasteiger partial charge in [-0.1, -0.05) is 20.8 Å². The van der Waals surface area contributed by atoms with Crippen molar-refractivity contribution in [2.24, 2.45) is 11.3 Å². The van der Waals surface area contributed by atoms with Crippen molar-refractivity contribution in [3.63, 3.8) is 0 Å². The fraction of sp³-hybridized carbons (Fsp3) is 0.600. The summed E-state index contributed by atoms with van der Waals surface area (Å²) in [4.78, 5) is 0. The van der Waals surface area contributed by atoms with Gasteiger partial charge in [0.05, 0.1) is 0 Å². The Morgan fingerprint density at radius 3 is 2.56 bits per heavy atom. The van der Waals surface area contributed by atoms with E-state index in [0.717, 1.165) is 12.8 Å². The highest BCUT2D eigenvalue weighted by atomic mass is 19.2. The number of hydrogen-bond donors (Lipinski definition) is 1.